The molecule has 1 aliphatic heterocycles. The Kier molecular flexibility index (Phi) is 4.41. The van der Waals surface area contributed by atoms with Gasteiger partial charge in [0.1, 0.15) is 11.6 Å². The molecule has 1 heterocycles. The summed E-state index contributed by atoms with van der Waals surface area (Å²) >= 11 is 0. The molecule has 0 saturated carbocycles. The summed E-state index contributed by atoms with van der Waals surface area (Å²) in [7, 11) is -0.443. The van der Waals surface area contributed by atoms with Gasteiger partial charge in [-0.3, -0.25) is 0 Å². The molecule has 0 unspecified atom stereocenters. The molecule has 4 aromatic carbocycles. The summed E-state index contributed by atoms with van der Waals surface area (Å²) in [6.07, 6.45) is 1.05. The second-order valence-electron chi connectivity index (χ2n) is 8.87. The monoisotopic (exact) mass is 398 g/mol. The third-order valence-electron chi connectivity index (χ3n) is 5.90. The van der Waals surface area contributed by atoms with Crippen molar-refractivity contribution in [2.24, 2.45) is 0 Å². The Hall–Kier alpha value is -2.37. The van der Waals surface area contributed by atoms with E-state index in [4.69, 9.17) is 4.74 Å². The van der Waals surface area contributed by atoms with E-state index >= 15 is 0 Å². The molecule has 0 aliphatic carbocycles. The highest BCUT2D eigenvalue weighted by Gasteiger charge is 2.42. The molecule has 0 radical (unpaired) electrons. The predicted octanol–water partition coefficient (Wildman–Crippen LogP) is 7.69. The van der Waals surface area contributed by atoms with Crippen LogP contribution in [0.2, 0.25) is 0 Å². The molecule has 0 spiro atoms. The summed E-state index contributed by atoms with van der Waals surface area (Å²) in [6, 6.07) is 26.5. The van der Waals surface area contributed by atoms with Crippen LogP contribution in [-0.4, -0.2) is 11.0 Å². The maximum atomic E-state index is 6.51. The summed E-state index contributed by atoms with van der Waals surface area (Å²) in [6.45, 7) is 9.37. The van der Waals surface area contributed by atoms with Gasteiger partial charge in [0.2, 0.25) is 0 Å². The first-order valence-electron chi connectivity index (χ1n) is 10.5. The van der Waals surface area contributed by atoms with Gasteiger partial charge in [-0.05, 0) is 64.3 Å². The summed E-state index contributed by atoms with van der Waals surface area (Å²) in [4.78, 5) is 0. The van der Waals surface area contributed by atoms with Crippen LogP contribution in [0.4, 0.5) is 0 Å². The molecular weight excluding hydrogens is 371 g/mol. The van der Waals surface area contributed by atoms with Crippen LogP contribution in [-0.2, 0) is 0 Å². The summed E-state index contributed by atoms with van der Waals surface area (Å²) in [5.41, 5.74) is 2.71. The van der Waals surface area contributed by atoms with E-state index in [1.54, 1.807) is 0 Å². The summed E-state index contributed by atoms with van der Waals surface area (Å²) < 4.78 is 6.51. The first kappa shape index (κ1) is 18.6. The van der Waals surface area contributed by atoms with E-state index in [0.29, 0.717) is 5.85 Å². The highest BCUT2D eigenvalue weighted by atomic mass is 31.1. The molecule has 2 heteroatoms. The Morgan fingerprint density at radius 1 is 0.828 bits per heavy atom. The molecule has 146 valence electrons. The molecule has 0 amide bonds. The van der Waals surface area contributed by atoms with Crippen LogP contribution < -0.4 is 10.0 Å². The minimum atomic E-state index is -0.443. The van der Waals surface area contributed by atoms with E-state index in [2.05, 4.69) is 100 Å². The molecule has 2 atom stereocenters. The summed E-state index contributed by atoms with van der Waals surface area (Å²) in [5.74, 6) is 1.38. The SMILES string of the molecule is CC[C@@H]1Oc2cccc(-c3c4ccccc4cc4ccccc34)c2[P@]1C(C)(C)C. The molecule has 0 N–H and O–H groups in total. The second kappa shape index (κ2) is 6.85. The van der Waals surface area contributed by atoms with Gasteiger partial charge in [-0.25, -0.2) is 0 Å². The lowest BCUT2D eigenvalue weighted by molar-refractivity contribution is 0.288. The zero-order valence-electron chi connectivity index (χ0n) is 17.6. The lowest BCUT2D eigenvalue weighted by atomic mass is 9.92. The third kappa shape index (κ3) is 2.95. The molecule has 1 nitrogen and oxygen atoms in total. The fourth-order valence-electron chi connectivity index (χ4n) is 4.75. The van der Waals surface area contributed by atoms with E-state index in [9.17, 15) is 0 Å². The van der Waals surface area contributed by atoms with Crippen LogP contribution in [0.15, 0.2) is 72.8 Å². The Morgan fingerprint density at radius 3 is 2.03 bits per heavy atom. The van der Waals surface area contributed by atoms with Crippen LogP contribution in [0, 0.1) is 0 Å². The van der Waals surface area contributed by atoms with Crippen molar-refractivity contribution >= 4 is 34.8 Å². The van der Waals surface area contributed by atoms with Gasteiger partial charge >= 0.3 is 0 Å². The van der Waals surface area contributed by atoms with E-state index < -0.39 is 7.92 Å². The van der Waals surface area contributed by atoms with Crippen molar-refractivity contribution in [1.82, 2.24) is 0 Å². The Bertz CT molecular complexity index is 1160. The van der Waals surface area contributed by atoms with Crippen LogP contribution in [0.3, 0.4) is 0 Å². The zero-order chi connectivity index (χ0) is 20.2. The van der Waals surface area contributed by atoms with Gasteiger partial charge in [0, 0.05) is 5.30 Å². The van der Waals surface area contributed by atoms with Gasteiger partial charge in [0.25, 0.3) is 0 Å². The second-order valence-corrected chi connectivity index (χ2v) is 12.0. The molecule has 4 aromatic rings. The van der Waals surface area contributed by atoms with Gasteiger partial charge in [-0.2, -0.15) is 0 Å². The fraction of sp³-hybridized carbons (Fsp3) is 0.259. The first-order valence-corrected chi connectivity index (χ1v) is 11.9. The van der Waals surface area contributed by atoms with Crippen molar-refractivity contribution in [2.45, 2.75) is 45.1 Å². The quantitative estimate of drug-likeness (QED) is 0.248. The van der Waals surface area contributed by atoms with E-state index in [0.717, 1.165) is 12.2 Å². The highest BCUT2D eigenvalue weighted by molar-refractivity contribution is 7.68. The minimum Gasteiger partial charge on any atom is -0.485 e. The van der Waals surface area contributed by atoms with Crippen molar-refractivity contribution in [3.05, 3.63) is 72.8 Å². The number of hydrogen-bond acceptors (Lipinski definition) is 1. The number of fused-ring (bicyclic) bond motifs is 3. The number of rotatable bonds is 2. The smallest absolute Gasteiger partial charge is 0.128 e. The van der Waals surface area contributed by atoms with Gasteiger partial charge < -0.3 is 4.74 Å². The van der Waals surface area contributed by atoms with E-state index in [-0.39, 0.29) is 5.16 Å². The Labute approximate surface area is 174 Å². The lowest BCUT2D eigenvalue weighted by Crippen LogP contribution is -2.24. The number of hydrogen-bond donors (Lipinski definition) is 0. The van der Waals surface area contributed by atoms with Crippen molar-refractivity contribution < 1.29 is 4.74 Å². The van der Waals surface area contributed by atoms with Crippen molar-refractivity contribution in [3.63, 3.8) is 0 Å². The van der Waals surface area contributed by atoms with Crippen molar-refractivity contribution in [2.75, 3.05) is 0 Å². The standard InChI is InChI=1S/C27H27OP/c1-5-24-28-23-16-10-15-22(26(23)29(24)27(2,3)4)25-20-13-8-6-11-18(20)17-19-12-7-9-14-21(19)25/h6-17,24H,5H2,1-4H3/t24-,29-/m1/s1. The fourth-order valence-corrected chi connectivity index (χ4v) is 7.97. The van der Waals surface area contributed by atoms with Gasteiger partial charge in [-0.1, -0.05) is 88.4 Å². The Balaban J connectivity index is 1.90. The molecule has 5 rings (SSSR count). The van der Waals surface area contributed by atoms with Gasteiger partial charge in [-0.15, -0.1) is 0 Å². The largest absolute Gasteiger partial charge is 0.485 e. The molecule has 0 fully saturated rings. The van der Waals surface area contributed by atoms with Crippen LogP contribution in [0.5, 0.6) is 5.75 Å². The van der Waals surface area contributed by atoms with Gasteiger partial charge in [0.05, 0.1) is 0 Å². The zero-order valence-corrected chi connectivity index (χ0v) is 18.5. The van der Waals surface area contributed by atoms with Crippen molar-refractivity contribution in [1.29, 1.82) is 0 Å². The lowest BCUT2D eigenvalue weighted by Gasteiger charge is -2.32. The molecule has 0 aromatic heterocycles. The summed E-state index contributed by atoms with van der Waals surface area (Å²) in [5, 5.41) is 6.88. The van der Waals surface area contributed by atoms with E-state index in [1.807, 2.05) is 0 Å². The molecule has 0 bridgehead atoms. The van der Waals surface area contributed by atoms with Crippen LogP contribution >= 0.6 is 7.92 Å². The maximum Gasteiger partial charge on any atom is 0.128 e. The number of ether oxygens (including phenoxy) is 1. The maximum absolute atomic E-state index is 6.51. The average Bonchev–Trinajstić information content (AvgIpc) is 3.11. The normalized spacial score (nSPS) is 18.8. The number of benzene rings is 4. The van der Waals surface area contributed by atoms with E-state index in [1.165, 1.54) is 38.0 Å². The first-order chi connectivity index (χ1) is 14.0. The molecule has 29 heavy (non-hydrogen) atoms. The van der Waals surface area contributed by atoms with Crippen molar-refractivity contribution in [3.8, 4) is 16.9 Å². The van der Waals surface area contributed by atoms with Crippen LogP contribution in [0.1, 0.15) is 34.1 Å². The molecular formula is C27H27OP. The Morgan fingerprint density at radius 2 is 1.45 bits per heavy atom. The third-order valence-corrected chi connectivity index (χ3v) is 9.34. The topological polar surface area (TPSA) is 9.23 Å². The molecule has 1 aliphatic rings. The minimum absolute atomic E-state index is 0.192. The van der Waals surface area contributed by atoms with Gasteiger partial charge in [0.15, 0.2) is 0 Å². The molecule has 0 saturated heterocycles. The average molecular weight is 398 g/mol. The van der Waals surface area contributed by atoms with Crippen LogP contribution in [0.25, 0.3) is 32.7 Å². The highest BCUT2D eigenvalue weighted by Crippen LogP contribution is 2.61. The predicted molar refractivity (Wildman–Crippen MR) is 128 cm³/mol.